The molecule has 0 amide bonds. The van der Waals surface area contributed by atoms with E-state index < -0.39 is 10.0 Å². The van der Waals surface area contributed by atoms with Gasteiger partial charge in [0.15, 0.2) is 5.96 Å². The molecule has 0 spiro atoms. The standard InChI is InChI=1S/C13H21ClN4O2S2.HI/c14-11-6-7-12(21-11)22(19,20)17-9-8-16-13(15)18-10-4-2-1-3-5-10;/h6-7,10,17H,1-5,8-9H2,(H3,15,16,18);1H. The Morgan fingerprint density at radius 3 is 2.65 bits per heavy atom. The SMILES string of the molecule is I.NC(=NCCNS(=O)(=O)c1ccc(Cl)s1)NC1CCCCC1. The highest BCUT2D eigenvalue weighted by Gasteiger charge is 2.16. The number of thiophene rings is 1. The van der Waals surface area contributed by atoms with Gasteiger partial charge in [-0.2, -0.15) is 0 Å². The first-order chi connectivity index (χ1) is 10.5. The summed E-state index contributed by atoms with van der Waals surface area (Å²) in [4.78, 5) is 4.15. The molecule has 0 aromatic carbocycles. The highest BCUT2D eigenvalue weighted by atomic mass is 127. The number of hydrogen-bond donors (Lipinski definition) is 3. The molecule has 132 valence electrons. The van der Waals surface area contributed by atoms with Gasteiger partial charge in [0.05, 0.1) is 10.9 Å². The van der Waals surface area contributed by atoms with Crippen LogP contribution >= 0.6 is 46.9 Å². The van der Waals surface area contributed by atoms with Crippen molar-refractivity contribution in [2.45, 2.75) is 42.4 Å². The number of nitrogens with one attached hydrogen (secondary N) is 2. The van der Waals surface area contributed by atoms with Gasteiger partial charge in [-0.15, -0.1) is 35.3 Å². The third kappa shape index (κ3) is 7.12. The lowest BCUT2D eigenvalue weighted by atomic mass is 9.96. The van der Waals surface area contributed by atoms with Gasteiger partial charge < -0.3 is 11.1 Å². The van der Waals surface area contributed by atoms with E-state index in [-0.39, 0.29) is 34.7 Å². The fourth-order valence-corrected chi connectivity index (χ4v) is 4.92. The number of rotatable bonds is 6. The van der Waals surface area contributed by atoms with E-state index in [4.69, 9.17) is 17.3 Å². The van der Waals surface area contributed by atoms with Crippen LogP contribution in [-0.4, -0.2) is 33.5 Å². The minimum atomic E-state index is -3.51. The highest BCUT2D eigenvalue weighted by Crippen LogP contribution is 2.25. The molecule has 1 aliphatic carbocycles. The van der Waals surface area contributed by atoms with Crippen LogP contribution in [0.3, 0.4) is 0 Å². The molecule has 0 aliphatic heterocycles. The lowest BCUT2D eigenvalue weighted by Gasteiger charge is -2.23. The van der Waals surface area contributed by atoms with E-state index in [0.717, 1.165) is 24.2 Å². The van der Waals surface area contributed by atoms with Crippen LogP contribution in [0.25, 0.3) is 0 Å². The minimum absolute atomic E-state index is 0. The van der Waals surface area contributed by atoms with Crippen molar-refractivity contribution in [1.29, 1.82) is 0 Å². The second kappa shape index (κ2) is 10.0. The second-order valence-electron chi connectivity index (χ2n) is 5.20. The van der Waals surface area contributed by atoms with Crippen molar-refractivity contribution in [3.05, 3.63) is 16.5 Å². The van der Waals surface area contributed by atoms with Crippen molar-refractivity contribution in [2.24, 2.45) is 10.7 Å². The van der Waals surface area contributed by atoms with Crippen molar-refractivity contribution in [2.75, 3.05) is 13.1 Å². The molecule has 1 heterocycles. The van der Waals surface area contributed by atoms with Crippen molar-refractivity contribution >= 4 is 62.9 Å². The molecule has 6 nitrogen and oxygen atoms in total. The van der Waals surface area contributed by atoms with E-state index >= 15 is 0 Å². The zero-order valence-electron chi connectivity index (χ0n) is 12.6. The Kier molecular flexibility index (Phi) is 9.12. The number of guanidine groups is 1. The van der Waals surface area contributed by atoms with Gasteiger partial charge >= 0.3 is 0 Å². The predicted molar refractivity (Wildman–Crippen MR) is 106 cm³/mol. The van der Waals surface area contributed by atoms with Gasteiger partial charge in [-0.1, -0.05) is 30.9 Å². The maximum Gasteiger partial charge on any atom is 0.250 e. The molecule has 2 rings (SSSR count). The summed E-state index contributed by atoms with van der Waals surface area (Å²) in [5, 5.41) is 3.19. The normalized spacial score (nSPS) is 16.8. The average Bonchev–Trinajstić information content (AvgIpc) is 2.92. The maximum atomic E-state index is 12.0. The summed E-state index contributed by atoms with van der Waals surface area (Å²) in [6.07, 6.45) is 5.94. The average molecular weight is 493 g/mol. The maximum absolute atomic E-state index is 12.0. The zero-order chi connectivity index (χ0) is 16.0. The van der Waals surface area contributed by atoms with Crippen LogP contribution in [0.5, 0.6) is 0 Å². The highest BCUT2D eigenvalue weighted by molar-refractivity contribution is 14.0. The second-order valence-corrected chi connectivity index (χ2v) is 8.91. The van der Waals surface area contributed by atoms with Crippen LogP contribution in [0.4, 0.5) is 0 Å². The first-order valence-electron chi connectivity index (χ1n) is 7.29. The van der Waals surface area contributed by atoms with E-state index in [0.29, 0.717) is 22.9 Å². The number of halogens is 2. The quantitative estimate of drug-likeness (QED) is 0.246. The van der Waals surface area contributed by atoms with Crippen molar-refractivity contribution in [1.82, 2.24) is 10.0 Å². The Morgan fingerprint density at radius 1 is 1.35 bits per heavy atom. The summed E-state index contributed by atoms with van der Waals surface area (Å²) in [5.74, 6) is 0.380. The van der Waals surface area contributed by atoms with Crippen LogP contribution in [-0.2, 0) is 10.0 Å². The van der Waals surface area contributed by atoms with Crippen LogP contribution in [0, 0.1) is 0 Å². The predicted octanol–water partition coefficient (Wildman–Crippen LogP) is 2.53. The Morgan fingerprint density at radius 2 is 2.04 bits per heavy atom. The third-order valence-electron chi connectivity index (χ3n) is 3.46. The molecule has 0 radical (unpaired) electrons. The number of nitrogens with two attached hydrogens (primary N) is 1. The Labute approximate surface area is 163 Å². The number of hydrogen-bond acceptors (Lipinski definition) is 4. The molecule has 0 unspecified atom stereocenters. The van der Waals surface area contributed by atoms with Gasteiger partial charge in [-0.25, -0.2) is 13.1 Å². The Balaban J connectivity index is 0.00000264. The number of sulfonamides is 1. The summed E-state index contributed by atoms with van der Waals surface area (Å²) < 4.78 is 27.0. The molecule has 1 aromatic heterocycles. The molecule has 1 fully saturated rings. The fraction of sp³-hybridized carbons (Fsp3) is 0.615. The molecule has 1 aliphatic rings. The largest absolute Gasteiger partial charge is 0.370 e. The molecular formula is C13H22ClIN4O2S2. The third-order valence-corrected chi connectivity index (χ3v) is 6.64. The number of aliphatic imine (C=N–C) groups is 1. The molecule has 1 saturated carbocycles. The first-order valence-corrected chi connectivity index (χ1v) is 9.96. The zero-order valence-corrected chi connectivity index (χ0v) is 17.3. The molecule has 4 N–H and O–H groups in total. The van der Waals surface area contributed by atoms with Crippen molar-refractivity contribution in [3.8, 4) is 0 Å². The van der Waals surface area contributed by atoms with Crippen molar-refractivity contribution < 1.29 is 8.42 Å². The van der Waals surface area contributed by atoms with E-state index in [1.54, 1.807) is 6.07 Å². The van der Waals surface area contributed by atoms with Crippen LogP contribution in [0.1, 0.15) is 32.1 Å². The molecular weight excluding hydrogens is 471 g/mol. The van der Waals surface area contributed by atoms with Gasteiger partial charge in [0.2, 0.25) is 10.0 Å². The molecule has 0 atom stereocenters. The topological polar surface area (TPSA) is 96.6 Å². The van der Waals surface area contributed by atoms with E-state index in [2.05, 4.69) is 15.0 Å². The van der Waals surface area contributed by atoms with E-state index in [1.165, 1.54) is 25.3 Å². The van der Waals surface area contributed by atoms with E-state index in [1.807, 2.05) is 0 Å². The summed E-state index contributed by atoms with van der Waals surface area (Å²) >= 11 is 6.77. The van der Waals surface area contributed by atoms with E-state index in [9.17, 15) is 8.42 Å². The van der Waals surface area contributed by atoms with Gasteiger partial charge in [0, 0.05) is 12.6 Å². The van der Waals surface area contributed by atoms with Gasteiger partial charge in [-0.3, -0.25) is 4.99 Å². The first kappa shape index (κ1) is 20.9. The number of nitrogens with zero attached hydrogens (tertiary/aromatic N) is 1. The van der Waals surface area contributed by atoms with Crippen LogP contribution in [0.15, 0.2) is 21.3 Å². The molecule has 1 aromatic rings. The summed E-state index contributed by atoms with van der Waals surface area (Å²) in [6, 6.07) is 3.44. The smallest absolute Gasteiger partial charge is 0.250 e. The summed E-state index contributed by atoms with van der Waals surface area (Å²) in [6.45, 7) is 0.495. The minimum Gasteiger partial charge on any atom is -0.370 e. The van der Waals surface area contributed by atoms with Gasteiger partial charge in [-0.05, 0) is 25.0 Å². The summed E-state index contributed by atoms with van der Waals surface area (Å²) in [7, 11) is -3.51. The molecule has 0 bridgehead atoms. The monoisotopic (exact) mass is 492 g/mol. The van der Waals surface area contributed by atoms with Gasteiger partial charge in [0.25, 0.3) is 0 Å². The van der Waals surface area contributed by atoms with Crippen LogP contribution in [0.2, 0.25) is 4.34 Å². The Bertz CT molecular complexity index is 615. The summed E-state index contributed by atoms with van der Waals surface area (Å²) in [5.41, 5.74) is 5.82. The Hall–Kier alpha value is -0.100. The van der Waals surface area contributed by atoms with Crippen LogP contribution < -0.4 is 15.8 Å². The molecule has 0 saturated heterocycles. The molecule has 10 heteroatoms. The van der Waals surface area contributed by atoms with Crippen molar-refractivity contribution in [3.63, 3.8) is 0 Å². The molecule has 23 heavy (non-hydrogen) atoms. The fourth-order valence-electron chi connectivity index (χ4n) is 2.37. The lowest BCUT2D eigenvalue weighted by Crippen LogP contribution is -2.41. The van der Waals surface area contributed by atoms with Gasteiger partial charge in [0.1, 0.15) is 4.21 Å². The lowest BCUT2D eigenvalue weighted by molar-refractivity contribution is 0.412.